The minimum absolute atomic E-state index is 0.0234. The monoisotopic (exact) mass is 415 g/mol. The van der Waals surface area contributed by atoms with Crippen molar-refractivity contribution in [3.05, 3.63) is 58.3 Å². The van der Waals surface area contributed by atoms with E-state index in [2.05, 4.69) is 5.16 Å². The van der Waals surface area contributed by atoms with E-state index in [0.717, 1.165) is 17.7 Å². The van der Waals surface area contributed by atoms with E-state index in [4.69, 9.17) is 16.1 Å². The van der Waals surface area contributed by atoms with Crippen molar-refractivity contribution in [2.45, 2.75) is 18.5 Å². The highest BCUT2D eigenvalue weighted by atomic mass is 35.5. The van der Waals surface area contributed by atoms with Gasteiger partial charge in [-0.25, -0.2) is 21.6 Å². The van der Waals surface area contributed by atoms with Gasteiger partial charge >= 0.3 is 0 Å². The Morgan fingerprint density at radius 3 is 2.26 bits per heavy atom. The predicted octanol–water partition coefficient (Wildman–Crippen LogP) is 5.12. The number of aryl methyl sites for hydroxylation is 1. The number of halogens is 4. The molecular formula is C18H13ClF3NO3S. The summed E-state index contributed by atoms with van der Waals surface area (Å²) in [5, 5.41) is 4.22. The summed E-state index contributed by atoms with van der Waals surface area (Å²) in [4.78, 5) is -1.05. The Morgan fingerprint density at radius 2 is 1.74 bits per heavy atom. The normalized spacial score (nSPS) is 11.8. The Hall–Kier alpha value is -2.32. The summed E-state index contributed by atoms with van der Waals surface area (Å²) in [5.41, 5.74) is 1.31. The van der Waals surface area contributed by atoms with Crippen LogP contribution in [0.1, 0.15) is 11.3 Å². The van der Waals surface area contributed by atoms with E-state index in [1.807, 2.05) is 0 Å². The Kier molecular flexibility index (Phi) is 5.05. The van der Waals surface area contributed by atoms with Crippen LogP contribution in [0.15, 0.2) is 39.8 Å². The van der Waals surface area contributed by atoms with Crippen LogP contribution < -0.4 is 0 Å². The van der Waals surface area contributed by atoms with Crippen molar-refractivity contribution in [2.24, 2.45) is 0 Å². The molecule has 0 aliphatic carbocycles. The van der Waals surface area contributed by atoms with Crippen molar-refractivity contribution in [1.29, 1.82) is 0 Å². The summed E-state index contributed by atoms with van der Waals surface area (Å²) in [5.74, 6) is -2.81. The summed E-state index contributed by atoms with van der Waals surface area (Å²) in [6.07, 6.45) is 0.695. The average molecular weight is 416 g/mol. The maximum absolute atomic E-state index is 14.3. The van der Waals surface area contributed by atoms with Gasteiger partial charge in [-0.05, 0) is 36.2 Å². The van der Waals surface area contributed by atoms with Gasteiger partial charge in [-0.15, -0.1) is 0 Å². The molecule has 1 heterocycles. The molecule has 0 radical (unpaired) electrons. The van der Waals surface area contributed by atoms with Crippen LogP contribution in [0.5, 0.6) is 0 Å². The van der Waals surface area contributed by atoms with Crippen LogP contribution in [0.3, 0.4) is 0 Å². The topological polar surface area (TPSA) is 60.2 Å². The molecule has 27 heavy (non-hydrogen) atoms. The molecule has 9 heteroatoms. The van der Waals surface area contributed by atoms with Gasteiger partial charge in [-0.3, -0.25) is 0 Å². The van der Waals surface area contributed by atoms with Gasteiger partial charge in [0.2, 0.25) is 0 Å². The molecule has 0 aliphatic rings. The van der Waals surface area contributed by atoms with E-state index in [9.17, 15) is 21.6 Å². The first-order valence-electron chi connectivity index (χ1n) is 7.64. The van der Waals surface area contributed by atoms with Crippen LogP contribution in [-0.4, -0.2) is 19.8 Å². The maximum atomic E-state index is 14.3. The minimum Gasteiger partial charge on any atom is -0.357 e. The third-order valence-corrected chi connectivity index (χ3v) is 5.53. The van der Waals surface area contributed by atoms with Gasteiger partial charge in [0.1, 0.15) is 22.2 Å². The van der Waals surface area contributed by atoms with E-state index in [1.165, 1.54) is 0 Å². The summed E-state index contributed by atoms with van der Waals surface area (Å²) in [6, 6.07) is 6.55. The second-order valence-electron chi connectivity index (χ2n) is 5.97. The largest absolute Gasteiger partial charge is 0.357 e. The molecule has 4 nitrogen and oxygen atoms in total. The summed E-state index contributed by atoms with van der Waals surface area (Å²) in [6.45, 7) is 0.719. The van der Waals surface area contributed by atoms with E-state index in [1.54, 1.807) is 25.1 Å². The highest BCUT2D eigenvalue weighted by Crippen LogP contribution is 2.38. The minimum atomic E-state index is -4.12. The molecular weight excluding hydrogens is 403 g/mol. The molecule has 0 saturated carbocycles. The molecule has 0 aliphatic heterocycles. The van der Waals surface area contributed by atoms with Gasteiger partial charge in [0.15, 0.2) is 22.3 Å². The third kappa shape index (κ3) is 3.59. The van der Waals surface area contributed by atoms with Crippen LogP contribution in [0.25, 0.3) is 22.4 Å². The van der Waals surface area contributed by atoms with Crippen molar-refractivity contribution in [3.63, 3.8) is 0 Å². The molecule has 0 bridgehead atoms. The fourth-order valence-corrected chi connectivity index (χ4v) is 3.72. The number of alkyl halides is 1. The molecule has 0 fully saturated rings. The van der Waals surface area contributed by atoms with Gasteiger partial charge in [0.25, 0.3) is 0 Å². The molecule has 1 aromatic heterocycles. The van der Waals surface area contributed by atoms with E-state index >= 15 is 0 Å². The zero-order chi connectivity index (χ0) is 19.9. The molecule has 3 rings (SSSR count). The Labute approximate surface area is 158 Å². The average Bonchev–Trinajstić information content (AvgIpc) is 2.99. The van der Waals surface area contributed by atoms with E-state index in [0.29, 0.717) is 16.8 Å². The predicted molar refractivity (Wildman–Crippen MR) is 95.0 cm³/mol. The van der Waals surface area contributed by atoms with Crippen LogP contribution in [0.4, 0.5) is 13.2 Å². The standard InChI is InChI=1S/C18H13ClF3NO3S/c1-9-3-4-10(5-12(9)19)17-16(15(8-20)26-23-17)11-6-13(21)18(14(22)7-11)27(2,24)25/h3-7H,8H2,1-2H3. The van der Waals surface area contributed by atoms with Crippen LogP contribution in [0.2, 0.25) is 5.02 Å². The molecule has 0 atom stereocenters. The number of sulfone groups is 1. The second kappa shape index (κ2) is 7.01. The lowest BCUT2D eigenvalue weighted by Gasteiger charge is -2.08. The zero-order valence-corrected chi connectivity index (χ0v) is 15.8. The lowest BCUT2D eigenvalue weighted by Crippen LogP contribution is -2.05. The van der Waals surface area contributed by atoms with Gasteiger partial charge in [-0.1, -0.05) is 28.9 Å². The fraction of sp³-hybridized carbons (Fsp3) is 0.167. The lowest BCUT2D eigenvalue weighted by atomic mass is 9.98. The first-order valence-corrected chi connectivity index (χ1v) is 9.91. The summed E-state index contributed by atoms with van der Waals surface area (Å²) >= 11 is 6.11. The van der Waals surface area contributed by atoms with Gasteiger partial charge < -0.3 is 4.52 Å². The van der Waals surface area contributed by atoms with Crippen LogP contribution in [0, 0.1) is 18.6 Å². The Morgan fingerprint density at radius 1 is 1.11 bits per heavy atom. The first kappa shape index (κ1) is 19.4. The molecule has 142 valence electrons. The van der Waals surface area contributed by atoms with E-state index < -0.39 is 33.0 Å². The van der Waals surface area contributed by atoms with Crippen molar-refractivity contribution in [3.8, 4) is 22.4 Å². The van der Waals surface area contributed by atoms with Gasteiger partial charge in [0.05, 0.1) is 5.56 Å². The fourth-order valence-electron chi connectivity index (χ4n) is 2.71. The zero-order valence-electron chi connectivity index (χ0n) is 14.2. The quantitative estimate of drug-likeness (QED) is 0.593. The molecule has 0 spiro atoms. The molecule has 0 amide bonds. The number of aromatic nitrogens is 1. The molecule has 0 saturated heterocycles. The SMILES string of the molecule is Cc1ccc(-c2noc(CF)c2-c2cc(F)c(S(C)(=O)=O)c(F)c2)cc1Cl. The Bertz CT molecular complexity index is 1120. The van der Waals surface area contributed by atoms with Crippen LogP contribution >= 0.6 is 11.6 Å². The number of hydrogen-bond donors (Lipinski definition) is 0. The maximum Gasteiger partial charge on any atom is 0.181 e. The lowest BCUT2D eigenvalue weighted by molar-refractivity contribution is 0.332. The Balaban J connectivity index is 2.26. The molecule has 3 aromatic rings. The number of rotatable bonds is 4. The third-order valence-electron chi connectivity index (χ3n) is 3.99. The smallest absolute Gasteiger partial charge is 0.181 e. The summed E-state index contributed by atoms with van der Waals surface area (Å²) < 4.78 is 70.1. The van der Waals surface area contributed by atoms with Gasteiger partial charge in [0, 0.05) is 16.8 Å². The van der Waals surface area contributed by atoms with Gasteiger partial charge in [-0.2, -0.15) is 0 Å². The van der Waals surface area contributed by atoms with Crippen molar-refractivity contribution in [2.75, 3.05) is 6.26 Å². The number of hydrogen-bond acceptors (Lipinski definition) is 4. The van der Waals surface area contributed by atoms with Crippen molar-refractivity contribution < 1.29 is 26.1 Å². The summed E-state index contributed by atoms with van der Waals surface area (Å²) in [7, 11) is -4.12. The highest BCUT2D eigenvalue weighted by Gasteiger charge is 2.25. The van der Waals surface area contributed by atoms with Crippen molar-refractivity contribution in [1.82, 2.24) is 5.16 Å². The molecule has 0 unspecified atom stereocenters. The second-order valence-corrected chi connectivity index (χ2v) is 8.33. The first-order chi connectivity index (χ1) is 12.6. The molecule has 2 aromatic carbocycles. The highest BCUT2D eigenvalue weighted by molar-refractivity contribution is 7.90. The van der Waals surface area contributed by atoms with Crippen LogP contribution in [-0.2, 0) is 16.5 Å². The number of benzene rings is 2. The van der Waals surface area contributed by atoms with E-state index in [-0.39, 0.29) is 22.6 Å². The van der Waals surface area contributed by atoms with Crippen molar-refractivity contribution >= 4 is 21.4 Å². The molecule has 0 N–H and O–H groups in total. The number of nitrogens with zero attached hydrogens (tertiary/aromatic N) is 1.